The highest BCUT2D eigenvalue weighted by Crippen LogP contribution is 2.32. The van der Waals surface area contributed by atoms with E-state index in [0.29, 0.717) is 22.4 Å². The first-order valence-electron chi connectivity index (χ1n) is 9.27. The van der Waals surface area contributed by atoms with E-state index in [2.05, 4.69) is 15.2 Å². The van der Waals surface area contributed by atoms with Crippen molar-refractivity contribution in [2.45, 2.75) is 38.6 Å². The highest BCUT2D eigenvalue weighted by molar-refractivity contribution is 7.18. The van der Waals surface area contributed by atoms with Crippen LogP contribution in [0.3, 0.4) is 0 Å². The molecule has 1 aromatic carbocycles. The van der Waals surface area contributed by atoms with Crippen LogP contribution >= 0.6 is 22.9 Å². The summed E-state index contributed by atoms with van der Waals surface area (Å²) in [5.74, 6) is 0.687. The minimum absolute atomic E-state index is 0.0399. The van der Waals surface area contributed by atoms with Gasteiger partial charge in [0.1, 0.15) is 11.4 Å². The lowest BCUT2D eigenvalue weighted by Crippen LogP contribution is -2.21. The van der Waals surface area contributed by atoms with Crippen molar-refractivity contribution in [3.8, 4) is 11.5 Å². The van der Waals surface area contributed by atoms with E-state index in [1.807, 2.05) is 18.2 Å². The van der Waals surface area contributed by atoms with E-state index in [9.17, 15) is 4.79 Å². The van der Waals surface area contributed by atoms with Crippen LogP contribution in [0.15, 0.2) is 39.8 Å². The average molecular weight is 413 g/mol. The predicted molar refractivity (Wildman–Crippen MR) is 109 cm³/mol. The van der Waals surface area contributed by atoms with E-state index >= 15 is 0 Å². The van der Waals surface area contributed by atoms with E-state index in [-0.39, 0.29) is 12.1 Å². The normalized spacial score (nSPS) is 14.2. The smallest absolute Gasteiger partial charge is 0.262 e. The number of halogens is 1. The minimum Gasteiger partial charge on any atom is -0.419 e. The molecule has 0 amide bonds. The highest BCUT2D eigenvalue weighted by atomic mass is 35.5. The highest BCUT2D eigenvalue weighted by Gasteiger charge is 2.20. The molecule has 4 aromatic rings. The largest absolute Gasteiger partial charge is 0.419 e. The number of thiophene rings is 1. The van der Waals surface area contributed by atoms with Crippen LogP contribution in [0, 0.1) is 0 Å². The Balaban J connectivity index is 1.51. The second-order valence-electron chi connectivity index (χ2n) is 6.90. The number of hydrogen-bond donors (Lipinski definition) is 0. The Morgan fingerprint density at radius 2 is 2.00 bits per heavy atom. The maximum atomic E-state index is 13.1. The fourth-order valence-electron chi connectivity index (χ4n) is 3.68. The van der Waals surface area contributed by atoms with Crippen LogP contribution in [-0.4, -0.2) is 19.7 Å². The van der Waals surface area contributed by atoms with Gasteiger partial charge in [0.2, 0.25) is 11.8 Å². The second kappa shape index (κ2) is 7.14. The van der Waals surface area contributed by atoms with Gasteiger partial charge in [-0.05, 0) is 43.4 Å². The second-order valence-corrected chi connectivity index (χ2v) is 8.39. The molecule has 0 spiro atoms. The third kappa shape index (κ3) is 3.04. The van der Waals surface area contributed by atoms with Crippen molar-refractivity contribution < 1.29 is 4.42 Å². The SMILES string of the molecule is O=c1c2c3c(sc2ncn1Cc1nnc(-c2ccccc2Cl)o1)CCCCC3. The van der Waals surface area contributed by atoms with Crippen molar-refractivity contribution in [1.29, 1.82) is 0 Å². The fourth-order valence-corrected chi connectivity index (χ4v) is 5.11. The summed E-state index contributed by atoms with van der Waals surface area (Å²) in [7, 11) is 0. The molecule has 5 rings (SSSR count). The molecule has 1 aliphatic rings. The first kappa shape index (κ1) is 17.6. The molecule has 0 atom stereocenters. The van der Waals surface area contributed by atoms with Crippen molar-refractivity contribution in [3.05, 3.63) is 62.3 Å². The Morgan fingerprint density at radius 3 is 2.89 bits per heavy atom. The maximum absolute atomic E-state index is 13.1. The molecule has 0 radical (unpaired) electrons. The summed E-state index contributed by atoms with van der Waals surface area (Å²) in [6.07, 6.45) is 7.08. The van der Waals surface area contributed by atoms with Crippen molar-refractivity contribution >= 4 is 33.2 Å². The zero-order chi connectivity index (χ0) is 19.1. The van der Waals surface area contributed by atoms with Gasteiger partial charge >= 0.3 is 0 Å². The van der Waals surface area contributed by atoms with Gasteiger partial charge in [-0.15, -0.1) is 21.5 Å². The molecule has 0 saturated carbocycles. The summed E-state index contributed by atoms with van der Waals surface area (Å²) in [5.41, 5.74) is 1.82. The molecule has 0 aliphatic heterocycles. The Morgan fingerprint density at radius 1 is 1.14 bits per heavy atom. The lowest BCUT2D eigenvalue weighted by Gasteiger charge is -2.03. The Kier molecular flexibility index (Phi) is 4.49. The van der Waals surface area contributed by atoms with Crippen LogP contribution in [0.4, 0.5) is 0 Å². The number of hydrogen-bond acceptors (Lipinski definition) is 6. The van der Waals surface area contributed by atoms with E-state index in [0.717, 1.165) is 29.5 Å². The fraction of sp³-hybridized carbons (Fsp3) is 0.300. The summed E-state index contributed by atoms with van der Waals surface area (Å²) in [5, 5.41) is 9.45. The number of aromatic nitrogens is 4. The van der Waals surface area contributed by atoms with Crippen LogP contribution < -0.4 is 5.56 Å². The molecule has 3 aromatic heterocycles. The van der Waals surface area contributed by atoms with Crippen LogP contribution in [0.2, 0.25) is 5.02 Å². The Hall–Kier alpha value is -2.51. The summed E-state index contributed by atoms with van der Waals surface area (Å²) >= 11 is 7.85. The third-order valence-electron chi connectivity index (χ3n) is 5.07. The number of fused-ring (bicyclic) bond motifs is 3. The molecule has 0 fully saturated rings. The zero-order valence-corrected chi connectivity index (χ0v) is 16.6. The average Bonchev–Trinajstić information content (AvgIpc) is 3.23. The summed E-state index contributed by atoms with van der Waals surface area (Å²) < 4.78 is 7.29. The van der Waals surface area contributed by atoms with Crippen molar-refractivity contribution in [3.63, 3.8) is 0 Å². The van der Waals surface area contributed by atoms with Crippen molar-refractivity contribution in [2.75, 3.05) is 0 Å². The van der Waals surface area contributed by atoms with Gasteiger partial charge in [0.15, 0.2) is 0 Å². The van der Waals surface area contributed by atoms with Gasteiger partial charge in [-0.3, -0.25) is 9.36 Å². The minimum atomic E-state index is -0.0399. The molecule has 28 heavy (non-hydrogen) atoms. The number of nitrogens with zero attached hydrogens (tertiary/aromatic N) is 4. The molecule has 0 N–H and O–H groups in total. The molecular weight excluding hydrogens is 396 g/mol. The van der Waals surface area contributed by atoms with E-state index < -0.39 is 0 Å². The van der Waals surface area contributed by atoms with E-state index in [1.165, 1.54) is 23.3 Å². The lowest BCUT2D eigenvalue weighted by molar-refractivity contribution is 0.483. The molecule has 0 bridgehead atoms. The van der Waals surface area contributed by atoms with E-state index in [1.54, 1.807) is 28.3 Å². The quantitative estimate of drug-likeness (QED) is 0.464. The van der Waals surface area contributed by atoms with Crippen LogP contribution in [0.1, 0.15) is 35.6 Å². The first-order chi connectivity index (χ1) is 13.7. The maximum Gasteiger partial charge on any atom is 0.262 e. The van der Waals surface area contributed by atoms with Gasteiger partial charge in [-0.1, -0.05) is 30.2 Å². The van der Waals surface area contributed by atoms with Gasteiger partial charge in [-0.2, -0.15) is 0 Å². The van der Waals surface area contributed by atoms with Gasteiger partial charge in [0.25, 0.3) is 5.56 Å². The Labute approximate surface area is 169 Å². The number of rotatable bonds is 3. The summed E-state index contributed by atoms with van der Waals surface area (Å²) in [4.78, 5) is 19.8. The summed E-state index contributed by atoms with van der Waals surface area (Å²) in [6, 6.07) is 7.29. The monoisotopic (exact) mass is 412 g/mol. The number of benzene rings is 1. The van der Waals surface area contributed by atoms with Crippen LogP contribution in [-0.2, 0) is 19.4 Å². The zero-order valence-electron chi connectivity index (χ0n) is 15.0. The van der Waals surface area contributed by atoms with Crippen LogP contribution in [0.5, 0.6) is 0 Å². The number of aryl methyl sites for hydroxylation is 2. The van der Waals surface area contributed by atoms with Gasteiger partial charge in [0.05, 0.1) is 22.3 Å². The first-order valence-corrected chi connectivity index (χ1v) is 10.5. The van der Waals surface area contributed by atoms with Gasteiger partial charge in [0, 0.05) is 4.88 Å². The lowest BCUT2D eigenvalue weighted by atomic mass is 10.1. The molecule has 0 unspecified atom stereocenters. The Bertz CT molecular complexity index is 1230. The van der Waals surface area contributed by atoms with Crippen molar-refractivity contribution in [2.24, 2.45) is 0 Å². The molecule has 3 heterocycles. The van der Waals surface area contributed by atoms with Gasteiger partial charge < -0.3 is 4.42 Å². The van der Waals surface area contributed by atoms with Crippen LogP contribution in [0.25, 0.3) is 21.7 Å². The predicted octanol–water partition coefficient (Wildman–Crippen LogP) is 4.48. The molecule has 1 aliphatic carbocycles. The molecular formula is C20H17ClN4O2S. The summed E-state index contributed by atoms with van der Waals surface area (Å²) in [6.45, 7) is 0.184. The molecule has 142 valence electrons. The molecule has 8 heteroatoms. The third-order valence-corrected chi connectivity index (χ3v) is 6.60. The standard InChI is InChI=1S/C20H17ClN4O2S/c21-14-8-5-4-6-12(14)18-24-23-16(27-18)10-25-11-22-19-17(20(25)26)13-7-2-1-3-9-15(13)28-19/h4-6,8,11H,1-3,7,9-10H2. The van der Waals surface area contributed by atoms with Gasteiger partial charge in [-0.25, -0.2) is 4.98 Å². The van der Waals surface area contributed by atoms with E-state index in [4.69, 9.17) is 16.0 Å². The molecule has 6 nitrogen and oxygen atoms in total. The van der Waals surface area contributed by atoms with Crippen molar-refractivity contribution in [1.82, 2.24) is 19.7 Å². The topological polar surface area (TPSA) is 73.8 Å². The molecule has 0 saturated heterocycles.